The zero-order valence-corrected chi connectivity index (χ0v) is 64.1. The van der Waals surface area contributed by atoms with Crippen molar-refractivity contribution in [2.24, 2.45) is 0 Å². The second-order valence-corrected chi connectivity index (χ2v) is 28.1. The smallest absolute Gasteiger partial charge is 0.462 e. The molecule has 0 heterocycles. The number of aliphatic hydroxyl groups excluding tert-OH is 1. The third-order valence-corrected chi connectivity index (χ3v) is 17.5. The highest BCUT2D eigenvalue weighted by molar-refractivity contribution is 7.47. The SMILES string of the molecule is CC/C=C\C/C=C\C/C=C\C/C=C\CCCCCCCCC(=O)OCC(COP(=O)(O)OCC(O)COP(=O)(O)OCC(COC(=O)CCCCCCC/C=C\C/C=C\C/C=C\CC)OC(=O)CCCCCCCCCCCCC)OC(=O)CCCC/C=C\C/C=C\C/C=C\C/C=C\CC. The summed E-state index contributed by atoms with van der Waals surface area (Å²) in [5.41, 5.74) is 0. The fraction of sp³-hybridized carbons (Fsp3) is 0.679. The second kappa shape index (κ2) is 72.5. The Kier molecular flexibility index (Phi) is 69.1. The number of ether oxygens (including phenoxy) is 4. The minimum atomic E-state index is -4.99. The fourth-order valence-electron chi connectivity index (χ4n) is 9.86. The first-order valence-electron chi connectivity index (χ1n) is 38.4. The topological polar surface area (TPSA) is 237 Å². The highest BCUT2D eigenvalue weighted by atomic mass is 31.2. The largest absolute Gasteiger partial charge is 0.472 e. The van der Waals surface area contributed by atoms with E-state index in [1.807, 2.05) is 0 Å². The molecule has 0 radical (unpaired) electrons. The van der Waals surface area contributed by atoms with E-state index >= 15 is 0 Å². The highest BCUT2D eigenvalue weighted by Crippen LogP contribution is 2.45. The average Bonchev–Trinajstić information content (AvgIpc) is 0.985. The van der Waals surface area contributed by atoms with E-state index in [9.17, 15) is 43.2 Å². The molecule has 0 fully saturated rings. The van der Waals surface area contributed by atoms with Gasteiger partial charge in [-0.1, -0.05) is 271 Å². The lowest BCUT2D eigenvalue weighted by molar-refractivity contribution is -0.161. The molecular weight excluding hydrogens is 1310 g/mol. The van der Waals surface area contributed by atoms with Gasteiger partial charge in [0.2, 0.25) is 0 Å². The monoisotopic (exact) mass is 1440 g/mol. The summed E-state index contributed by atoms with van der Waals surface area (Å²) in [6.07, 6.45) is 80.2. The summed E-state index contributed by atoms with van der Waals surface area (Å²) in [4.78, 5) is 72.8. The number of hydrogen-bond donors (Lipinski definition) is 3. The van der Waals surface area contributed by atoms with Gasteiger partial charge in [0.05, 0.1) is 26.4 Å². The molecule has 5 atom stereocenters. The number of hydrogen-bond acceptors (Lipinski definition) is 15. The van der Waals surface area contributed by atoms with Crippen molar-refractivity contribution in [3.8, 4) is 0 Å². The third kappa shape index (κ3) is 71.6. The third-order valence-electron chi connectivity index (χ3n) is 15.6. The standard InChI is InChI=1S/C81H136O17P2/c1-5-9-13-17-21-25-29-32-35-36-37-38-41-43-47-50-54-58-62-66-79(84)92-72-77(98-81(86)68-64-60-56-52-48-44-40-34-31-27-23-19-15-11-7-3)74-96-100(89,90)94-70-75(82)69-93-99(87,88)95-73-76(97-80(85)67-63-59-55-51-45-28-24-20-16-12-8-4)71-91-78(83)65-61-57-53-49-46-42-39-33-30-26-22-18-14-10-6-2/h9-11,13-15,21-23,25-27,32-35,37-40,48,52,75-77,82H,5-8,12,16-20,24,28-31,36,41-47,49-51,53-74H2,1-4H3,(H,87,88)(H,89,90)/b13-9-,14-10-,15-11-,25-21-,26-22-,27-23-,35-32-,38-37-,39-33-,40-34-,52-48-. The van der Waals surface area contributed by atoms with E-state index in [0.717, 1.165) is 173 Å². The van der Waals surface area contributed by atoms with E-state index in [-0.39, 0.29) is 25.7 Å². The molecule has 17 nitrogen and oxygen atoms in total. The van der Waals surface area contributed by atoms with Gasteiger partial charge >= 0.3 is 39.5 Å². The van der Waals surface area contributed by atoms with Gasteiger partial charge in [0, 0.05) is 25.7 Å². The Bertz CT molecular complexity index is 2420. The van der Waals surface area contributed by atoms with Crippen LogP contribution in [0.2, 0.25) is 0 Å². The molecule has 0 amide bonds. The minimum absolute atomic E-state index is 0.0361. The molecule has 3 N–H and O–H groups in total. The predicted octanol–water partition coefficient (Wildman–Crippen LogP) is 22.1. The number of rotatable bonds is 71. The quantitative estimate of drug-likeness (QED) is 0.0169. The maximum absolute atomic E-state index is 13.1. The van der Waals surface area contributed by atoms with E-state index in [1.165, 1.54) is 38.5 Å². The van der Waals surface area contributed by atoms with Crippen molar-refractivity contribution in [2.45, 2.75) is 316 Å². The Morgan fingerprint density at radius 3 is 0.820 bits per heavy atom. The van der Waals surface area contributed by atoms with Gasteiger partial charge in [0.25, 0.3) is 0 Å². The number of carbonyl (C=O) groups excluding carboxylic acids is 4. The molecule has 0 bridgehead atoms. The molecule has 100 heavy (non-hydrogen) atoms. The number of unbranched alkanes of at least 4 members (excludes halogenated alkanes) is 23. The van der Waals surface area contributed by atoms with Crippen molar-refractivity contribution in [2.75, 3.05) is 39.6 Å². The maximum atomic E-state index is 13.1. The molecule has 0 aromatic carbocycles. The molecule has 0 aromatic rings. The molecule has 0 aliphatic rings. The van der Waals surface area contributed by atoms with Crippen molar-refractivity contribution in [3.05, 3.63) is 134 Å². The average molecular weight is 1440 g/mol. The molecule has 0 rings (SSSR count). The molecule has 0 aliphatic carbocycles. The van der Waals surface area contributed by atoms with Gasteiger partial charge in [-0.05, 0) is 135 Å². The van der Waals surface area contributed by atoms with E-state index < -0.39 is 97.5 Å². The fourth-order valence-corrected chi connectivity index (χ4v) is 11.4. The first kappa shape index (κ1) is 95.2. The van der Waals surface area contributed by atoms with Crippen LogP contribution in [0.1, 0.15) is 297 Å². The Balaban J connectivity index is 5.38. The molecule has 0 saturated heterocycles. The molecule has 0 aliphatic heterocycles. The normalized spacial score (nSPS) is 14.7. The first-order chi connectivity index (χ1) is 48.7. The van der Waals surface area contributed by atoms with Crippen LogP contribution in [0.15, 0.2) is 134 Å². The van der Waals surface area contributed by atoms with Crippen molar-refractivity contribution < 1.29 is 80.2 Å². The zero-order chi connectivity index (χ0) is 73.2. The molecule has 5 unspecified atom stereocenters. The number of phosphoric ester groups is 2. The summed E-state index contributed by atoms with van der Waals surface area (Å²) in [5, 5.41) is 10.6. The van der Waals surface area contributed by atoms with Gasteiger partial charge in [-0.3, -0.25) is 37.3 Å². The van der Waals surface area contributed by atoms with E-state index in [4.69, 9.17) is 37.0 Å². The molecule has 0 spiro atoms. The molecule has 572 valence electrons. The zero-order valence-electron chi connectivity index (χ0n) is 62.3. The minimum Gasteiger partial charge on any atom is -0.462 e. The van der Waals surface area contributed by atoms with Gasteiger partial charge in [0.1, 0.15) is 19.3 Å². The van der Waals surface area contributed by atoms with Gasteiger partial charge in [-0.15, -0.1) is 0 Å². The summed E-state index contributed by atoms with van der Waals surface area (Å²) in [7, 11) is -9.97. The number of phosphoric acid groups is 2. The molecule has 19 heteroatoms. The summed E-state index contributed by atoms with van der Waals surface area (Å²) >= 11 is 0. The van der Waals surface area contributed by atoms with E-state index in [1.54, 1.807) is 0 Å². The van der Waals surface area contributed by atoms with Crippen molar-refractivity contribution >= 4 is 39.5 Å². The van der Waals surface area contributed by atoms with E-state index in [2.05, 4.69) is 161 Å². The summed E-state index contributed by atoms with van der Waals surface area (Å²) in [5.74, 6) is -2.26. The molecular formula is C81H136O17P2. The summed E-state index contributed by atoms with van der Waals surface area (Å²) < 4.78 is 68.4. The lowest BCUT2D eigenvalue weighted by Crippen LogP contribution is -2.30. The van der Waals surface area contributed by atoms with Crippen LogP contribution in [0.5, 0.6) is 0 Å². The van der Waals surface area contributed by atoms with Crippen molar-refractivity contribution in [3.63, 3.8) is 0 Å². The first-order valence-corrected chi connectivity index (χ1v) is 41.4. The van der Waals surface area contributed by atoms with Crippen molar-refractivity contribution in [1.82, 2.24) is 0 Å². The lowest BCUT2D eigenvalue weighted by Gasteiger charge is -2.21. The predicted molar refractivity (Wildman–Crippen MR) is 408 cm³/mol. The summed E-state index contributed by atoms with van der Waals surface area (Å²) in [6.45, 7) is 4.44. The lowest BCUT2D eigenvalue weighted by atomic mass is 10.1. The van der Waals surface area contributed by atoms with Gasteiger partial charge in [-0.2, -0.15) is 0 Å². The van der Waals surface area contributed by atoms with Crippen LogP contribution < -0.4 is 0 Å². The Labute approximate surface area is 605 Å². The van der Waals surface area contributed by atoms with Crippen LogP contribution in [0.3, 0.4) is 0 Å². The Morgan fingerprint density at radius 1 is 0.290 bits per heavy atom. The van der Waals surface area contributed by atoms with E-state index in [0.29, 0.717) is 32.1 Å². The highest BCUT2D eigenvalue weighted by Gasteiger charge is 2.30. The van der Waals surface area contributed by atoms with Crippen LogP contribution in [-0.4, -0.2) is 96.7 Å². The van der Waals surface area contributed by atoms with Gasteiger partial charge in [0.15, 0.2) is 12.2 Å². The number of aliphatic hydroxyl groups is 1. The van der Waals surface area contributed by atoms with Crippen LogP contribution >= 0.6 is 15.6 Å². The van der Waals surface area contributed by atoms with Gasteiger partial charge < -0.3 is 33.8 Å². The molecule has 0 aromatic heterocycles. The van der Waals surface area contributed by atoms with Crippen LogP contribution in [0.25, 0.3) is 0 Å². The number of allylic oxidation sites excluding steroid dienone is 22. The van der Waals surface area contributed by atoms with Crippen LogP contribution in [-0.2, 0) is 65.4 Å². The molecule has 0 saturated carbocycles. The maximum Gasteiger partial charge on any atom is 0.472 e. The second-order valence-electron chi connectivity index (χ2n) is 25.2. The Hall–Kier alpha value is -4.80. The van der Waals surface area contributed by atoms with Gasteiger partial charge in [-0.25, -0.2) is 9.13 Å². The number of carbonyl (C=O) groups is 4. The van der Waals surface area contributed by atoms with Crippen molar-refractivity contribution in [1.29, 1.82) is 0 Å². The number of esters is 4. The van der Waals surface area contributed by atoms with Crippen LogP contribution in [0.4, 0.5) is 0 Å². The van der Waals surface area contributed by atoms with Crippen LogP contribution in [0, 0.1) is 0 Å². The Morgan fingerprint density at radius 2 is 0.520 bits per heavy atom. The summed E-state index contributed by atoms with van der Waals surface area (Å²) in [6, 6.07) is 0.